The minimum Gasteiger partial charge on any atom is -0.466 e. The van der Waals surface area contributed by atoms with Gasteiger partial charge in [0.05, 0.1) is 25.6 Å². The summed E-state index contributed by atoms with van der Waals surface area (Å²) in [6, 6.07) is 0. The number of unbranched alkanes of at least 4 members (excludes halogenated alkanes) is 2. The zero-order valence-corrected chi connectivity index (χ0v) is 15.0. The Kier molecular flexibility index (Phi) is 10.8. The Hall–Kier alpha value is -1.06. The van der Waals surface area contributed by atoms with E-state index in [1.165, 1.54) is 32.1 Å². The molecule has 0 aromatic carbocycles. The predicted octanol–water partition coefficient (Wildman–Crippen LogP) is 4.79. The molecule has 0 aromatic rings. The summed E-state index contributed by atoms with van der Waals surface area (Å²) < 4.78 is 10.5. The van der Waals surface area contributed by atoms with Gasteiger partial charge in [0.15, 0.2) is 0 Å². The third-order valence-electron chi connectivity index (χ3n) is 4.59. The summed E-state index contributed by atoms with van der Waals surface area (Å²) >= 11 is 0. The summed E-state index contributed by atoms with van der Waals surface area (Å²) in [5.74, 6) is 0.139. The molecule has 1 rings (SSSR count). The maximum atomic E-state index is 11.7. The van der Waals surface area contributed by atoms with E-state index >= 15 is 0 Å². The van der Waals surface area contributed by atoms with Gasteiger partial charge >= 0.3 is 11.9 Å². The average Bonchev–Trinajstić information content (AvgIpc) is 2.54. The molecule has 4 nitrogen and oxygen atoms in total. The van der Waals surface area contributed by atoms with E-state index in [0.29, 0.717) is 12.5 Å². The summed E-state index contributed by atoms with van der Waals surface area (Å²) in [6.07, 6.45) is 11.9. The van der Waals surface area contributed by atoms with Gasteiger partial charge in [0.1, 0.15) is 0 Å². The lowest BCUT2D eigenvalue weighted by molar-refractivity contribution is -0.153. The van der Waals surface area contributed by atoms with Crippen molar-refractivity contribution in [2.45, 2.75) is 97.0 Å². The fraction of sp³-hybridized carbons (Fsp3) is 0.895. The van der Waals surface area contributed by atoms with Crippen LogP contribution in [0.2, 0.25) is 0 Å². The van der Waals surface area contributed by atoms with Gasteiger partial charge in [0, 0.05) is 0 Å². The molecule has 4 heteroatoms. The van der Waals surface area contributed by atoms with Gasteiger partial charge in [0.2, 0.25) is 0 Å². The molecule has 1 aliphatic rings. The lowest BCUT2D eigenvalue weighted by Gasteiger charge is -2.21. The second-order valence-corrected chi connectivity index (χ2v) is 6.81. The van der Waals surface area contributed by atoms with Crippen molar-refractivity contribution in [3.05, 3.63) is 0 Å². The zero-order valence-electron chi connectivity index (χ0n) is 15.0. The number of carbonyl (C=O) groups is 2. The standard InChI is InChI=1S/C19H34O4/c1-3-4-6-9-16(2)23-19(21)13-12-18(20)22-15-14-17-10-7-5-8-11-17/h16-17H,3-15H2,1-2H3. The summed E-state index contributed by atoms with van der Waals surface area (Å²) in [7, 11) is 0. The van der Waals surface area contributed by atoms with Crippen molar-refractivity contribution in [3.63, 3.8) is 0 Å². The molecule has 134 valence electrons. The molecule has 0 N–H and O–H groups in total. The molecule has 0 saturated heterocycles. The van der Waals surface area contributed by atoms with Crippen molar-refractivity contribution >= 4 is 11.9 Å². The first-order valence-electron chi connectivity index (χ1n) is 9.47. The highest BCUT2D eigenvalue weighted by molar-refractivity contribution is 5.77. The zero-order chi connectivity index (χ0) is 16.9. The van der Waals surface area contributed by atoms with Gasteiger partial charge in [-0.3, -0.25) is 9.59 Å². The Morgan fingerprint density at radius 1 is 1.04 bits per heavy atom. The minimum absolute atomic E-state index is 0.0589. The van der Waals surface area contributed by atoms with Crippen molar-refractivity contribution < 1.29 is 19.1 Å². The predicted molar refractivity (Wildman–Crippen MR) is 91.1 cm³/mol. The van der Waals surface area contributed by atoms with Crippen LogP contribution in [-0.2, 0) is 19.1 Å². The van der Waals surface area contributed by atoms with E-state index in [0.717, 1.165) is 32.1 Å². The van der Waals surface area contributed by atoms with E-state index < -0.39 is 0 Å². The second-order valence-electron chi connectivity index (χ2n) is 6.81. The molecule has 0 aliphatic heterocycles. The number of rotatable bonds is 11. The summed E-state index contributed by atoms with van der Waals surface area (Å²) in [5, 5.41) is 0. The van der Waals surface area contributed by atoms with Crippen LogP contribution in [0.5, 0.6) is 0 Å². The Bertz CT molecular complexity index is 334. The molecule has 23 heavy (non-hydrogen) atoms. The van der Waals surface area contributed by atoms with Gasteiger partial charge in [0.25, 0.3) is 0 Å². The normalized spacial score (nSPS) is 16.8. The van der Waals surface area contributed by atoms with Gasteiger partial charge in [-0.1, -0.05) is 51.9 Å². The number of esters is 2. The van der Waals surface area contributed by atoms with Crippen molar-refractivity contribution in [3.8, 4) is 0 Å². The van der Waals surface area contributed by atoms with Crippen LogP contribution in [0.25, 0.3) is 0 Å². The number of hydrogen-bond donors (Lipinski definition) is 0. The van der Waals surface area contributed by atoms with Crippen LogP contribution < -0.4 is 0 Å². The third-order valence-corrected chi connectivity index (χ3v) is 4.59. The first-order valence-corrected chi connectivity index (χ1v) is 9.47. The van der Waals surface area contributed by atoms with Crippen molar-refractivity contribution in [2.75, 3.05) is 6.61 Å². The molecule has 1 fully saturated rings. The Morgan fingerprint density at radius 2 is 1.74 bits per heavy atom. The quantitative estimate of drug-likeness (QED) is 0.404. The Labute approximate surface area is 141 Å². The van der Waals surface area contributed by atoms with Crippen LogP contribution in [0.3, 0.4) is 0 Å². The highest BCUT2D eigenvalue weighted by atomic mass is 16.5. The first kappa shape index (κ1) is 20.0. The maximum Gasteiger partial charge on any atom is 0.306 e. The van der Waals surface area contributed by atoms with E-state index in [4.69, 9.17) is 9.47 Å². The smallest absolute Gasteiger partial charge is 0.306 e. The summed E-state index contributed by atoms with van der Waals surface area (Å²) in [6.45, 7) is 4.55. The van der Waals surface area contributed by atoms with Gasteiger partial charge in [-0.15, -0.1) is 0 Å². The van der Waals surface area contributed by atoms with Gasteiger partial charge in [-0.2, -0.15) is 0 Å². The maximum absolute atomic E-state index is 11.7. The van der Waals surface area contributed by atoms with Gasteiger partial charge in [-0.05, 0) is 32.1 Å². The molecule has 1 unspecified atom stereocenters. The van der Waals surface area contributed by atoms with Crippen LogP contribution in [0.1, 0.15) is 90.9 Å². The van der Waals surface area contributed by atoms with Crippen molar-refractivity contribution in [1.82, 2.24) is 0 Å². The van der Waals surface area contributed by atoms with E-state index in [1.807, 2.05) is 6.92 Å². The fourth-order valence-electron chi connectivity index (χ4n) is 3.12. The fourth-order valence-corrected chi connectivity index (χ4v) is 3.12. The largest absolute Gasteiger partial charge is 0.466 e. The SMILES string of the molecule is CCCCCC(C)OC(=O)CCC(=O)OCCC1CCCCC1. The van der Waals surface area contributed by atoms with E-state index in [-0.39, 0.29) is 30.9 Å². The van der Waals surface area contributed by atoms with E-state index in [1.54, 1.807) is 0 Å². The van der Waals surface area contributed by atoms with Crippen LogP contribution in [0.4, 0.5) is 0 Å². The molecule has 0 aromatic heterocycles. The molecule has 0 spiro atoms. The van der Waals surface area contributed by atoms with Crippen molar-refractivity contribution in [2.24, 2.45) is 5.92 Å². The monoisotopic (exact) mass is 326 g/mol. The van der Waals surface area contributed by atoms with Crippen LogP contribution in [0, 0.1) is 5.92 Å². The van der Waals surface area contributed by atoms with Crippen LogP contribution >= 0.6 is 0 Å². The third kappa shape index (κ3) is 10.4. The first-order chi connectivity index (χ1) is 11.1. The molecule has 1 atom stereocenters. The molecule has 1 saturated carbocycles. The second kappa shape index (κ2) is 12.4. The molecule has 0 heterocycles. The average molecular weight is 326 g/mol. The van der Waals surface area contributed by atoms with Crippen molar-refractivity contribution in [1.29, 1.82) is 0 Å². The molecule has 1 aliphatic carbocycles. The Balaban J connectivity index is 2.02. The molecular formula is C19H34O4. The summed E-state index contributed by atoms with van der Waals surface area (Å²) in [5.41, 5.74) is 0. The molecule has 0 amide bonds. The highest BCUT2D eigenvalue weighted by Gasteiger charge is 2.15. The summed E-state index contributed by atoms with van der Waals surface area (Å²) in [4.78, 5) is 23.3. The van der Waals surface area contributed by atoms with E-state index in [9.17, 15) is 9.59 Å². The molecule has 0 bridgehead atoms. The van der Waals surface area contributed by atoms with Crippen LogP contribution in [0.15, 0.2) is 0 Å². The minimum atomic E-state index is -0.293. The van der Waals surface area contributed by atoms with E-state index in [2.05, 4.69) is 6.92 Å². The topological polar surface area (TPSA) is 52.6 Å². The van der Waals surface area contributed by atoms with Crippen LogP contribution in [-0.4, -0.2) is 24.6 Å². The van der Waals surface area contributed by atoms with Gasteiger partial charge in [-0.25, -0.2) is 0 Å². The Morgan fingerprint density at radius 3 is 2.43 bits per heavy atom. The number of ether oxygens (including phenoxy) is 2. The number of carbonyl (C=O) groups excluding carboxylic acids is 2. The lowest BCUT2D eigenvalue weighted by atomic mass is 9.87. The lowest BCUT2D eigenvalue weighted by Crippen LogP contribution is -2.17. The highest BCUT2D eigenvalue weighted by Crippen LogP contribution is 2.26. The number of hydrogen-bond acceptors (Lipinski definition) is 4. The molecule has 0 radical (unpaired) electrons. The van der Waals surface area contributed by atoms with Gasteiger partial charge < -0.3 is 9.47 Å². The molecular weight excluding hydrogens is 292 g/mol.